The molecule has 33 heavy (non-hydrogen) atoms. The summed E-state index contributed by atoms with van der Waals surface area (Å²) in [6, 6.07) is 1.49. The van der Waals surface area contributed by atoms with E-state index in [1.165, 1.54) is 25.1 Å². The summed E-state index contributed by atoms with van der Waals surface area (Å²) in [4.78, 5) is 66.6. The predicted octanol–water partition coefficient (Wildman–Crippen LogP) is -0.839. The number of aliphatic hydroxyl groups excluding tert-OH is 1. The van der Waals surface area contributed by atoms with E-state index in [1.54, 1.807) is 13.0 Å². The summed E-state index contributed by atoms with van der Waals surface area (Å²) in [5, 5.41) is 33.3. The molecule has 3 aliphatic carbocycles. The lowest BCUT2D eigenvalue weighted by Gasteiger charge is -2.56. The van der Waals surface area contributed by atoms with Gasteiger partial charge in [-0.25, -0.2) is 0 Å². The number of primary amides is 1. The second-order valence-electron chi connectivity index (χ2n) is 9.25. The Balaban J connectivity index is 1.97. The maximum Gasteiger partial charge on any atom is 0.235 e. The summed E-state index contributed by atoms with van der Waals surface area (Å²) in [5.41, 5.74) is 2.53. The van der Waals surface area contributed by atoms with Crippen molar-refractivity contribution in [3.63, 3.8) is 0 Å². The van der Waals surface area contributed by atoms with Crippen LogP contribution in [0.2, 0.25) is 0 Å². The Bertz CT molecular complexity index is 1130. The van der Waals surface area contributed by atoms with E-state index in [0.29, 0.717) is 10.0 Å². The van der Waals surface area contributed by atoms with Crippen LogP contribution in [0.3, 0.4) is 0 Å². The zero-order valence-electron chi connectivity index (χ0n) is 18.0. The van der Waals surface area contributed by atoms with Crippen molar-refractivity contribution in [1.29, 1.82) is 0 Å². The molecule has 3 aliphatic rings. The number of hydrogen-bond acceptors (Lipinski definition) is 9. The number of benzene rings is 1. The molecule has 176 valence electrons. The number of carbonyl (C=O) groups excluding carboxylic acids is 5. The number of likely N-dealkylation sites (N-methyl/N-ethyl adjacent to an activating group) is 1. The van der Waals surface area contributed by atoms with Crippen LogP contribution in [0.1, 0.15) is 28.8 Å². The number of nitrogens with two attached hydrogens (primary N) is 1. The van der Waals surface area contributed by atoms with E-state index in [2.05, 4.69) is 15.9 Å². The Hall–Kier alpha value is -2.47. The molecule has 11 heteroatoms. The van der Waals surface area contributed by atoms with Gasteiger partial charge in [0.2, 0.25) is 5.91 Å². The summed E-state index contributed by atoms with van der Waals surface area (Å²) in [6.07, 6.45) is -1.64. The molecule has 4 rings (SSSR count). The number of halogens is 1. The van der Waals surface area contributed by atoms with Gasteiger partial charge in [0, 0.05) is 10.4 Å². The molecule has 1 amide bonds. The molecular formula is C22H23BrN2O8. The van der Waals surface area contributed by atoms with E-state index >= 15 is 0 Å². The third-order valence-corrected chi connectivity index (χ3v) is 7.85. The first-order chi connectivity index (χ1) is 15.3. The van der Waals surface area contributed by atoms with Gasteiger partial charge >= 0.3 is 0 Å². The molecule has 2 fully saturated rings. The lowest BCUT2D eigenvalue weighted by molar-refractivity contribution is -0.196. The molecule has 2 saturated carbocycles. The molecule has 0 heterocycles. The van der Waals surface area contributed by atoms with Crippen molar-refractivity contribution in [3.8, 4) is 5.75 Å². The highest BCUT2D eigenvalue weighted by atomic mass is 79.9. The fourth-order valence-electron chi connectivity index (χ4n) is 5.98. The van der Waals surface area contributed by atoms with Gasteiger partial charge in [0.25, 0.3) is 0 Å². The molecule has 1 aromatic carbocycles. The molecule has 8 atom stereocenters. The third-order valence-electron chi connectivity index (χ3n) is 7.39. The average molecular weight is 523 g/mol. The van der Waals surface area contributed by atoms with Crippen LogP contribution in [0.5, 0.6) is 5.75 Å². The number of Topliss-reactive ketones (excluding diaryl/α,β-unsaturated/α-hetero) is 4. The largest absolute Gasteiger partial charge is 0.507 e. The highest BCUT2D eigenvalue weighted by molar-refractivity contribution is 9.10. The molecule has 0 aromatic heterocycles. The van der Waals surface area contributed by atoms with Crippen LogP contribution in [0, 0.1) is 23.7 Å². The molecule has 0 aliphatic heterocycles. The van der Waals surface area contributed by atoms with Gasteiger partial charge in [0.05, 0.1) is 29.5 Å². The van der Waals surface area contributed by atoms with Crippen LogP contribution in [-0.4, -0.2) is 81.1 Å². The number of aromatic hydroxyl groups is 1. The van der Waals surface area contributed by atoms with Crippen molar-refractivity contribution >= 4 is 45.0 Å². The van der Waals surface area contributed by atoms with Crippen LogP contribution in [-0.2, 0) is 19.2 Å². The summed E-state index contributed by atoms with van der Waals surface area (Å²) < 4.78 is 0.475. The number of rotatable bonds is 2. The lowest BCUT2D eigenvalue weighted by atomic mass is 9.49. The number of fused-ring (bicyclic) bond motifs is 3. The molecule has 1 aromatic rings. The van der Waals surface area contributed by atoms with Crippen molar-refractivity contribution in [2.45, 2.75) is 30.6 Å². The smallest absolute Gasteiger partial charge is 0.235 e. The quantitative estimate of drug-likeness (QED) is 0.360. The van der Waals surface area contributed by atoms with Gasteiger partial charge < -0.3 is 21.1 Å². The number of hydrogen-bond donors (Lipinski definition) is 4. The van der Waals surface area contributed by atoms with Crippen molar-refractivity contribution in [2.75, 3.05) is 14.1 Å². The van der Waals surface area contributed by atoms with Crippen molar-refractivity contribution in [3.05, 3.63) is 27.7 Å². The zero-order chi connectivity index (χ0) is 24.7. The van der Waals surface area contributed by atoms with Crippen molar-refractivity contribution in [1.82, 2.24) is 4.90 Å². The van der Waals surface area contributed by atoms with Crippen LogP contribution in [0.25, 0.3) is 0 Å². The Kier molecular flexibility index (Phi) is 5.40. The van der Waals surface area contributed by atoms with E-state index < -0.39 is 82.1 Å². The molecule has 5 N–H and O–H groups in total. The Morgan fingerprint density at radius 1 is 1.15 bits per heavy atom. The number of aliphatic hydroxyl groups is 2. The first-order valence-electron chi connectivity index (χ1n) is 10.3. The highest BCUT2D eigenvalue weighted by Gasteiger charge is 2.72. The highest BCUT2D eigenvalue weighted by Crippen LogP contribution is 2.54. The Morgan fingerprint density at radius 2 is 1.76 bits per heavy atom. The maximum absolute atomic E-state index is 13.7. The average Bonchev–Trinajstić information content (AvgIpc) is 2.70. The van der Waals surface area contributed by atoms with E-state index in [1.807, 2.05) is 0 Å². The van der Waals surface area contributed by atoms with E-state index in [0.717, 1.165) is 0 Å². The summed E-state index contributed by atoms with van der Waals surface area (Å²) in [5.74, 6) is -13.2. The van der Waals surface area contributed by atoms with Gasteiger partial charge in [-0.15, -0.1) is 0 Å². The summed E-state index contributed by atoms with van der Waals surface area (Å²) >= 11 is 3.25. The number of carbonyl (C=O) groups is 5. The lowest BCUT2D eigenvalue weighted by Crippen LogP contribution is -2.77. The number of amides is 1. The standard InChI is InChI=1S/C22H23BrN2O8/c1-6-8-4-7(23)5-9(26)11(8)16(27)12-10(6)17(28)14-15(25(2)3)18(29)13(21(24)32)20(31)22(14,33)19(12)30/h4-6,10,12-15,17,26,28,33H,1-3H3,(H2,24,32)/t6-,10+,12?,13?,14+,15-,17-,22-/m1/s1. The minimum atomic E-state index is -2.99. The number of nitrogens with zero attached hydrogens (tertiary/aromatic N) is 1. The fraction of sp³-hybridized carbons (Fsp3) is 0.500. The Morgan fingerprint density at radius 3 is 2.30 bits per heavy atom. The van der Waals surface area contributed by atoms with E-state index in [9.17, 15) is 39.3 Å². The minimum absolute atomic E-state index is 0.135. The summed E-state index contributed by atoms with van der Waals surface area (Å²) in [7, 11) is 2.89. The van der Waals surface area contributed by atoms with Crippen LogP contribution < -0.4 is 5.73 Å². The van der Waals surface area contributed by atoms with Gasteiger partial charge in [-0.2, -0.15) is 0 Å². The van der Waals surface area contributed by atoms with Crippen LogP contribution in [0.4, 0.5) is 0 Å². The molecule has 2 unspecified atom stereocenters. The molecule has 0 spiro atoms. The number of phenolic OH excluding ortho intramolecular Hbond substituents is 1. The second-order valence-corrected chi connectivity index (χ2v) is 10.2. The first kappa shape index (κ1) is 23.7. The third kappa shape index (κ3) is 2.92. The Labute approximate surface area is 196 Å². The molecule has 0 saturated heterocycles. The maximum atomic E-state index is 13.7. The molecular weight excluding hydrogens is 500 g/mol. The van der Waals surface area contributed by atoms with Crippen LogP contribution in [0.15, 0.2) is 16.6 Å². The van der Waals surface area contributed by atoms with Gasteiger partial charge in [0.15, 0.2) is 34.7 Å². The topological polar surface area (TPSA) is 175 Å². The predicted molar refractivity (Wildman–Crippen MR) is 115 cm³/mol. The molecule has 0 radical (unpaired) electrons. The van der Waals surface area contributed by atoms with Crippen molar-refractivity contribution in [2.24, 2.45) is 29.4 Å². The van der Waals surface area contributed by atoms with Crippen LogP contribution >= 0.6 is 15.9 Å². The molecule has 10 nitrogen and oxygen atoms in total. The number of ketones is 4. The van der Waals surface area contributed by atoms with Gasteiger partial charge in [-0.05, 0) is 37.7 Å². The van der Waals surface area contributed by atoms with Gasteiger partial charge in [-0.3, -0.25) is 28.9 Å². The second kappa shape index (κ2) is 7.52. The fourth-order valence-corrected chi connectivity index (χ4v) is 6.45. The van der Waals surface area contributed by atoms with Gasteiger partial charge in [-0.1, -0.05) is 22.9 Å². The minimum Gasteiger partial charge on any atom is -0.507 e. The zero-order valence-corrected chi connectivity index (χ0v) is 19.6. The summed E-state index contributed by atoms with van der Waals surface area (Å²) in [6.45, 7) is 1.65. The number of phenols is 1. The first-order valence-corrected chi connectivity index (χ1v) is 11.1. The SMILES string of the molecule is C[C@@H]1c2cc(Br)cc(O)c2C(=O)C2C(=O)[C@@]3(O)C(=O)C(C(N)=O)C(=O)[C@H](N(C)C)[C@H]3[C@H](O)[C@H]21. The van der Waals surface area contributed by atoms with Crippen molar-refractivity contribution < 1.29 is 39.3 Å². The van der Waals surface area contributed by atoms with E-state index in [-0.39, 0.29) is 5.56 Å². The monoisotopic (exact) mass is 522 g/mol. The molecule has 0 bridgehead atoms. The normalized spacial score (nSPS) is 38.1. The van der Waals surface area contributed by atoms with E-state index in [4.69, 9.17) is 5.73 Å². The van der Waals surface area contributed by atoms with Gasteiger partial charge in [0.1, 0.15) is 5.75 Å².